The monoisotopic (exact) mass is 386 g/mol. The summed E-state index contributed by atoms with van der Waals surface area (Å²) in [6.45, 7) is 5.09. The molecule has 0 bridgehead atoms. The average molecular weight is 388 g/mol. The Hall–Kier alpha value is -0.0400. The predicted molar refractivity (Wildman–Crippen MR) is 93.8 cm³/mol. The van der Waals surface area contributed by atoms with Crippen LogP contribution in [-0.4, -0.2) is 39.0 Å². The minimum Gasteiger partial charge on any atom is -0.303 e. The van der Waals surface area contributed by atoms with Gasteiger partial charge in [0.25, 0.3) is 0 Å². The smallest absolute Gasteiger partial charge is 0.240 e. The highest BCUT2D eigenvalue weighted by Crippen LogP contribution is 2.25. The molecule has 1 fully saturated rings. The number of benzene rings is 1. The highest BCUT2D eigenvalue weighted by molar-refractivity contribution is 7.89. The van der Waals surface area contributed by atoms with E-state index in [0.717, 1.165) is 38.9 Å². The molecule has 126 valence electrons. The summed E-state index contributed by atoms with van der Waals surface area (Å²) in [7, 11) is -3.54. The lowest BCUT2D eigenvalue weighted by Gasteiger charge is -2.31. The zero-order chi connectivity index (χ0) is 15.5. The van der Waals surface area contributed by atoms with Crippen molar-refractivity contribution in [2.75, 3.05) is 19.6 Å². The van der Waals surface area contributed by atoms with Gasteiger partial charge in [0, 0.05) is 6.04 Å². The van der Waals surface area contributed by atoms with Crippen molar-refractivity contribution in [3.05, 3.63) is 28.2 Å². The molecule has 2 rings (SSSR count). The number of halogens is 3. The maximum atomic E-state index is 12.3. The Labute approximate surface area is 148 Å². The van der Waals surface area contributed by atoms with Crippen molar-refractivity contribution in [3.63, 3.8) is 0 Å². The van der Waals surface area contributed by atoms with Gasteiger partial charge in [0.05, 0.1) is 14.9 Å². The molecule has 0 unspecified atom stereocenters. The van der Waals surface area contributed by atoms with Gasteiger partial charge in [-0.2, -0.15) is 0 Å². The molecule has 0 amide bonds. The lowest BCUT2D eigenvalue weighted by atomic mass is 10.1. The Morgan fingerprint density at radius 1 is 1.23 bits per heavy atom. The lowest BCUT2D eigenvalue weighted by molar-refractivity contribution is 0.208. The van der Waals surface area contributed by atoms with Crippen molar-refractivity contribution in [1.29, 1.82) is 0 Å². The van der Waals surface area contributed by atoms with E-state index in [9.17, 15) is 8.42 Å². The molecule has 1 saturated heterocycles. The Morgan fingerprint density at radius 3 is 2.41 bits per heavy atom. The minimum absolute atomic E-state index is 0. The molecule has 1 N–H and O–H groups in total. The zero-order valence-corrected chi connectivity index (χ0v) is 15.5. The molecular weight excluding hydrogens is 367 g/mol. The second kappa shape index (κ2) is 8.71. The topological polar surface area (TPSA) is 49.4 Å². The third kappa shape index (κ3) is 5.25. The summed E-state index contributed by atoms with van der Waals surface area (Å²) in [6, 6.07) is 4.35. The lowest BCUT2D eigenvalue weighted by Crippen LogP contribution is -2.44. The van der Waals surface area contributed by atoms with E-state index in [2.05, 4.69) is 16.5 Å². The van der Waals surface area contributed by atoms with E-state index in [0.29, 0.717) is 5.02 Å². The first-order chi connectivity index (χ1) is 9.92. The fourth-order valence-corrected chi connectivity index (χ4v) is 4.22. The van der Waals surface area contributed by atoms with Gasteiger partial charge in [-0.05, 0) is 57.1 Å². The number of hydrogen-bond acceptors (Lipinski definition) is 3. The largest absolute Gasteiger partial charge is 0.303 e. The summed E-state index contributed by atoms with van der Waals surface area (Å²) in [5.41, 5.74) is 0. The van der Waals surface area contributed by atoms with Gasteiger partial charge in [0.2, 0.25) is 10.0 Å². The standard InChI is InChI=1S/C14H20Cl2N2O2S.ClH/c1-2-7-18-8-5-11(6-9-18)17-21(19,20)12-3-4-13(15)14(16)10-12;/h3-4,10-11,17H,2,5-9H2,1H3;1H. The van der Waals surface area contributed by atoms with Gasteiger partial charge in [0.15, 0.2) is 0 Å². The SMILES string of the molecule is CCCN1CCC(NS(=O)(=O)c2ccc(Cl)c(Cl)c2)CC1.Cl. The highest BCUT2D eigenvalue weighted by Gasteiger charge is 2.24. The maximum absolute atomic E-state index is 12.3. The fraction of sp³-hybridized carbons (Fsp3) is 0.571. The van der Waals surface area contributed by atoms with E-state index >= 15 is 0 Å². The van der Waals surface area contributed by atoms with Crippen molar-refractivity contribution in [3.8, 4) is 0 Å². The third-order valence-corrected chi connectivity index (χ3v) is 5.91. The highest BCUT2D eigenvalue weighted by atomic mass is 35.5. The number of piperidine rings is 1. The van der Waals surface area contributed by atoms with Gasteiger partial charge >= 0.3 is 0 Å². The quantitative estimate of drug-likeness (QED) is 0.840. The first-order valence-corrected chi connectivity index (χ1v) is 9.36. The third-order valence-electron chi connectivity index (χ3n) is 3.65. The van der Waals surface area contributed by atoms with Crippen molar-refractivity contribution in [1.82, 2.24) is 9.62 Å². The second-order valence-corrected chi connectivity index (χ2v) is 7.84. The van der Waals surface area contributed by atoms with Crippen LogP contribution in [0.15, 0.2) is 23.1 Å². The number of rotatable bonds is 5. The number of likely N-dealkylation sites (tertiary alicyclic amines) is 1. The first-order valence-electron chi connectivity index (χ1n) is 7.12. The molecule has 0 atom stereocenters. The zero-order valence-electron chi connectivity index (χ0n) is 12.4. The first kappa shape index (κ1) is 20.0. The van der Waals surface area contributed by atoms with Crippen LogP contribution in [-0.2, 0) is 10.0 Å². The number of nitrogens with zero attached hydrogens (tertiary/aromatic N) is 1. The number of nitrogens with one attached hydrogen (secondary N) is 1. The molecule has 0 spiro atoms. The fourth-order valence-electron chi connectivity index (χ4n) is 2.52. The van der Waals surface area contributed by atoms with E-state index in [4.69, 9.17) is 23.2 Å². The van der Waals surface area contributed by atoms with Gasteiger partial charge < -0.3 is 4.90 Å². The Morgan fingerprint density at radius 2 is 1.86 bits per heavy atom. The Bertz CT molecular complexity index is 588. The molecule has 1 aromatic carbocycles. The van der Waals surface area contributed by atoms with Crippen molar-refractivity contribution < 1.29 is 8.42 Å². The van der Waals surface area contributed by atoms with E-state index in [1.807, 2.05) is 0 Å². The maximum Gasteiger partial charge on any atom is 0.240 e. The van der Waals surface area contributed by atoms with Crippen LogP contribution in [0.2, 0.25) is 10.0 Å². The van der Waals surface area contributed by atoms with Crippen LogP contribution in [0.3, 0.4) is 0 Å². The van der Waals surface area contributed by atoms with Crippen LogP contribution >= 0.6 is 35.6 Å². The molecule has 1 aromatic rings. The van der Waals surface area contributed by atoms with Crippen molar-refractivity contribution in [2.45, 2.75) is 37.1 Å². The van der Waals surface area contributed by atoms with Crippen molar-refractivity contribution in [2.24, 2.45) is 0 Å². The molecule has 4 nitrogen and oxygen atoms in total. The average Bonchev–Trinajstić information content (AvgIpc) is 2.44. The minimum atomic E-state index is -3.54. The molecule has 1 aliphatic heterocycles. The summed E-state index contributed by atoms with van der Waals surface area (Å²) in [5.74, 6) is 0. The molecule has 0 aromatic heterocycles. The van der Waals surface area contributed by atoms with E-state index < -0.39 is 10.0 Å². The normalized spacial score (nSPS) is 17.2. The molecule has 22 heavy (non-hydrogen) atoms. The van der Waals surface area contributed by atoms with E-state index in [1.54, 1.807) is 0 Å². The van der Waals surface area contributed by atoms with Crippen LogP contribution in [0, 0.1) is 0 Å². The van der Waals surface area contributed by atoms with Gasteiger partial charge in [-0.1, -0.05) is 30.1 Å². The molecule has 0 aliphatic carbocycles. The molecule has 0 saturated carbocycles. The molecule has 8 heteroatoms. The summed E-state index contributed by atoms with van der Waals surface area (Å²) in [4.78, 5) is 2.53. The van der Waals surface area contributed by atoms with Gasteiger partial charge in [0.1, 0.15) is 0 Å². The van der Waals surface area contributed by atoms with Gasteiger partial charge in [-0.25, -0.2) is 13.1 Å². The molecule has 0 radical (unpaired) electrons. The predicted octanol–water partition coefficient (Wildman–Crippen LogP) is 3.57. The molecule has 1 heterocycles. The van der Waals surface area contributed by atoms with E-state index in [-0.39, 0.29) is 28.4 Å². The van der Waals surface area contributed by atoms with Crippen LogP contribution in [0.25, 0.3) is 0 Å². The Balaban J connectivity index is 0.00000242. The number of hydrogen-bond donors (Lipinski definition) is 1. The van der Waals surface area contributed by atoms with Crippen LogP contribution in [0.4, 0.5) is 0 Å². The summed E-state index contributed by atoms with van der Waals surface area (Å²) < 4.78 is 27.5. The summed E-state index contributed by atoms with van der Waals surface area (Å²) >= 11 is 11.7. The van der Waals surface area contributed by atoms with E-state index in [1.165, 1.54) is 18.2 Å². The van der Waals surface area contributed by atoms with Gasteiger partial charge in [-0.15, -0.1) is 12.4 Å². The summed E-state index contributed by atoms with van der Waals surface area (Å²) in [6.07, 6.45) is 2.79. The number of sulfonamides is 1. The summed E-state index contributed by atoms with van der Waals surface area (Å²) in [5, 5.41) is 0.598. The van der Waals surface area contributed by atoms with Crippen LogP contribution in [0.5, 0.6) is 0 Å². The molecule has 1 aliphatic rings. The van der Waals surface area contributed by atoms with Crippen molar-refractivity contribution >= 4 is 45.6 Å². The molecular formula is C14H21Cl3N2O2S. The Kier molecular flexibility index (Phi) is 7.92. The van der Waals surface area contributed by atoms with Gasteiger partial charge in [-0.3, -0.25) is 0 Å². The second-order valence-electron chi connectivity index (χ2n) is 5.31. The van der Waals surface area contributed by atoms with Crippen LogP contribution in [0.1, 0.15) is 26.2 Å². The van der Waals surface area contributed by atoms with Crippen LogP contribution < -0.4 is 4.72 Å².